The van der Waals surface area contributed by atoms with Gasteiger partial charge in [0.1, 0.15) is 0 Å². The second-order valence-corrected chi connectivity index (χ2v) is 10.6. The highest BCUT2D eigenvalue weighted by Crippen LogP contribution is 2.64. The van der Waals surface area contributed by atoms with Crippen LogP contribution in [0.1, 0.15) is 27.8 Å². The Morgan fingerprint density at radius 1 is 0.368 bits per heavy atom. The summed E-state index contributed by atoms with van der Waals surface area (Å²) in [5.41, 5.74) is 17.0. The highest BCUT2D eigenvalue weighted by Gasteiger charge is 2.52. The normalized spacial score (nSPS) is 13.6. The maximum atomic E-state index is 2.35. The molecule has 1 spiro atoms. The molecule has 0 unspecified atom stereocenters. The summed E-state index contributed by atoms with van der Waals surface area (Å²) in [6.45, 7) is 2.15. The van der Waals surface area contributed by atoms with Crippen LogP contribution in [0.5, 0.6) is 0 Å². The standard InChI is InChI=1S/C38H26/c1-25-10-8-11-28(24-25)26-20-22-27(23-21-26)29-15-9-16-33-32-14-4-7-19-36(32)38(37(29)33)34-17-5-2-12-30(34)31-13-3-6-18-35(31)38/h2-24H,1H3. The van der Waals surface area contributed by atoms with Gasteiger partial charge in [-0.1, -0.05) is 145 Å². The monoisotopic (exact) mass is 482 g/mol. The summed E-state index contributed by atoms with van der Waals surface area (Å²) in [4.78, 5) is 0. The van der Waals surface area contributed by atoms with E-state index in [1.165, 1.54) is 72.3 Å². The number of hydrogen-bond acceptors (Lipinski definition) is 0. The summed E-state index contributed by atoms with van der Waals surface area (Å²) in [7, 11) is 0. The van der Waals surface area contributed by atoms with Crippen molar-refractivity contribution >= 4 is 0 Å². The Morgan fingerprint density at radius 2 is 0.842 bits per heavy atom. The van der Waals surface area contributed by atoms with Gasteiger partial charge in [0.2, 0.25) is 0 Å². The third kappa shape index (κ3) is 2.75. The van der Waals surface area contributed by atoms with Crippen LogP contribution in [0.3, 0.4) is 0 Å². The molecule has 0 atom stereocenters. The fourth-order valence-electron chi connectivity index (χ4n) is 7.06. The predicted octanol–water partition coefficient (Wildman–Crippen LogP) is 9.67. The first kappa shape index (κ1) is 21.4. The van der Waals surface area contributed by atoms with Gasteiger partial charge in [-0.05, 0) is 73.7 Å². The van der Waals surface area contributed by atoms with Gasteiger partial charge in [-0.15, -0.1) is 0 Å². The molecule has 2 aliphatic carbocycles. The summed E-state index contributed by atoms with van der Waals surface area (Å²) in [5.74, 6) is 0. The molecule has 0 heterocycles. The lowest BCUT2D eigenvalue weighted by molar-refractivity contribution is 0.796. The van der Waals surface area contributed by atoms with Crippen LogP contribution in [0.2, 0.25) is 0 Å². The molecule has 38 heavy (non-hydrogen) atoms. The Balaban J connectivity index is 1.42. The summed E-state index contributed by atoms with van der Waals surface area (Å²) < 4.78 is 0. The Bertz CT molecular complexity index is 1810. The lowest BCUT2D eigenvalue weighted by Crippen LogP contribution is -2.26. The van der Waals surface area contributed by atoms with Gasteiger partial charge in [-0.2, -0.15) is 0 Å². The van der Waals surface area contributed by atoms with Crippen LogP contribution in [-0.4, -0.2) is 0 Å². The molecule has 6 aromatic carbocycles. The van der Waals surface area contributed by atoms with Crippen molar-refractivity contribution in [3.8, 4) is 44.5 Å². The third-order valence-electron chi connectivity index (χ3n) is 8.56. The number of benzene rings is 6. The molecule has 178 valence electrons. The van der Waals surface area contributed by atoms with Crippen LogP contribution in [0, 0.1) is 6.92 Å². The maximum absolute atomic E-state index is 2.35. The van der Waals surface area contributed by atoms with Gasteiger partial charge >= 0.3 is 0 Å². The third-order valence-corrected chi connectivity index (χ3v) is 8.56. The minimum absolute atomic E-state index is 0.328. The number of rotatable bonds is 2. The Labute approximate surface area is 223 Å². The maximum Gasteiger partial charge on any atom is 0.0731 e. The summed E-state index contributed by atoms with van der Waals surface area (Å²) in [5, 5.41) is 0. The summed E-state index contributed by atoms with van der Waals surface area (Å²) in [6, 6.07) is 51.8. The molecule has 0 aliphatic heterocycles. The van der Waals surface area contributed by atoms with Crippen molar-refractivity contribution in [2.75, 3.05) is 0 Å². The topological polar surface area (TPSA) is 0 Å². The van der Waals surface area contributed by atoms with Crippen LogP contribution in [-0.2, 0) is 5.41 Å². The van der Waals surface area contributed by atoms with E-state index >= 15 is 0 Å². The lowest BCUT2D eigenvalue weighted by Gasteiger charge is -2.32. The van der Waals surface area contributed by atoms with E-state index < -0.39 is 0 Å². The van der Waals surface area contributed by atoms with Gasteiger partial charge in [0.05, 0.1) is 5.41 Å². The van der Waals surface area contributed by atoms with Gasteiger partial charge in [0.25, 0.3) is 0 Å². The van der Waals surface area contributed by atoms with Gasteiger partial charge in [0, 0.05) is 0 Å². The number of hydrogen-bond donors (Lipinski definition) is 0. The van der Waals surface area contributed by atoms with Crippen molar-refractivity contribution in [2.45, 2.75) is 12.3 Å². The van der Waals surface area contributed by atoms with Crippen molar-refractivity contribution in [3.63, 3.8) is 0 Å². The van der Waals surface area contributed by atoms with Crippen molar-refractivity contribution < 1.29 is 0 Å². The van der Waals surface area contributed by atoms with E-state index in [-0.39, 0.29) is 5.41 Å². The molecule has 0 saturated heterocycles. The predicted molar refractivity (Wildman–Crippen MR) is 158 cm³/mol. The molecule has 0 heteroatoms. The van der Waals surface area contributed by atoms with E-state index in [1.54, 1.807) is 0 Å². The molecule has 0 N–H and O–H groups in total. The van der Waals surface area contributed by atoms with Gasteiger partial charge in [-0.25, -0.2) is 0 Å². The van der Waals surface area contributed by atoms with E-state index in [0.29, 0.717) is 0 Å². The fraction of sp³-hybridized carbons (Fsp3) is 0.0526. The Morgan fingerprint density at radius 3 is 1.45 bits per heavy atom. The summed E-state index contributed by atoms with van der Waals surface area (Å²) in [6.07, 6.45) is 0. The highest BCUT2D eigenvalue weighted by molar-refractivity contribution is 5.98. The largest absolute Gasteiger partial charge is 0.0731 e. The van der Waals surface area contributed by atoms with Gasteiger partial charge < -0.3 is 0 Å². The molecular weight excluding hydrogens is 456 g/mol. The minimum Gasteiger partial charge on any atom is -0.0619 e. The Kier molecular flexibility index (Phi) is 4.46. The number of aryl methyl sites for hydroxylation is 1. The number of fused-ring (bicyclic) bond motifs is 10. The second kappa shape index (κ2) is 7.91. The first-order chi connectivity index (χ1) is 18.8. The van der Waals surface area contributed by atoms with E-state index in [2.05, 4.69) is 146 Å². The molecule has 0 radical (unpaired) electrons. The molecule has 2 aliphatic rings. The van der Waals surface area contributed by atoms with Crippen LogP contribution in [0.15, 0.2) is 140 Å². The zero-order valence-corrected chi connectivity index (χ0v) is 21.3. The van der Waals surface area contributed by atoms with Gasteiger partial charge in [0.15, 0.2) is 0 Å². The second-order valence-electron chi connectivity index (χ2n) is 10.6. The van der Waals surface area contributed by atoms with Gasteiger partial charge in [-0.3, -0.25) is 0 Å². The van der Waals surface area contributed by atoms with Crippen molar-refractivity contribution in [1.29, 1.82) is 0 Å². The molecule has 0 fully saturated rings. The molecule has 6 aromatic rings. The minimum atomic E-state index is -0.328. The summed E-state index contributed by atoms with van der Waals surface area (Å²) >= 11 is 0. The average molecular weight is 483 g/mol. The molecule has 0 nitrogen and oxygen atoms in total. The van der Waals surface area contributed by atoms with E-state index in [9.17, 15) is 0 Å². The zero-order chi connectivity index (χ0) is 25.3. The Hall–Kier alpha value is -4.68. The fourth-order valence-corrected chi connectivity index (χ4v) is 7.06. The van der Waals surface area contributed by atoms with Crippen LogP contribution < -0.4 is 0 Å². The smallest absolute Gasteiger partial charge is 0.0619 e. The zero-order valence-electron chi connectivity index (χ0n) is 21.3. The SMILES string of the molecule is Cc1cccc(-c2ccc(-c3cccc4c3C3(c5ccccc5-c5ccccc53)c3ccccc3-4)cc2)c1. The van der Waals surface area contributed by atoms with Crippen LogP contribution >= 0.6 is 0 Å². The van der Waals surface area contributed by atoms with Crippen LogP contribution in [0.4, 0.5) is 0 Å². The van der Waals surface area contributed by atoms with Crippen molar-refractivity contribution in [1.82, 2.24) is 0 Å². The van der Waals surface area contributed by atoms with E-state index in [4.69, 9.17) is 0 Å². The van der Waals surface area contributed by atoms with E-state index in [1.807, 2.05) is 0 Å². The first-order valence-electron chi connectivity index (χ1n) is 13.4. The molecule has 0 amide bonds. The molecule has 8 rings (SSSR count). The van der Waals surface area contributed by atoms with Crippen LogP contribution in [0.25, 0.3) is 44.5 Å². The van der Waals surface area contributed by atoms with E-state index in [0.717, 1.165) is 0 Å². The highest BCUT2D eigenvalue weighted by atomic mass is 14.5. The van der Waals surface area contributed by atoms with Crippen molar-refractivity contribution in [2.24, 2.45) is 0 Å². The molecule has 0 bridgehead atoms. The average Bonchev–Trinajstić information content (AvgIpc) is 3.45. The molecular formula is C38H26. The lowest BCUT2D eigenvalue weighted by atomic mass is 9.68. The first-order valence-corrected chi connectivity index (χ1v) is 13.4. The molecule has 0 saturated carbocycles. The van der Waals surface area contributed by atoms with Crippen molar-refractivity contribution in [3.05, 3.63) is 167 Å². The quantitative estimate of drug-likeness (QED) is 0.230. The molecule has 0 aromatic heterocycles.